The molecule has 4 nitrogen and oxygen atoms in total. The van der Waals surface area contributed by atoms with Crippen LogP contribution < -0.4 is 5.73 Å². The lowest BCUT2D eigenvalue weighted by atomic mass is 10.1. The second-order valence-corrected chi connectivity index (χ2v) is 4.39. The van der Waals surface area contributed by atoms with Crippen LogP contribution in [-0.2, 0) is 16.0 Å². The first kappa shape index (κ1) is 14.4. The maximum Gasteiger partial charge on any atom is 0.422 e. The highest BCUT2D eigenvalue weighted by molar-refractivity contribution is 5.84. The van der Waals surface area contributed by atoms with Crippen LogP contribution in [0.5, 0.6) is 0 Å². The van der Waals surface area contributed by atoms with E-state index in [4.69, 9.17) is 5.73 Å². The Bertz CT molecular complexity index is 607. The molecule has 0 spiro atoms. The van der Waals surface area contributed by atoms with Crippen LogP contribution in [0.15, 0.2) is 30.5 Å². The van der Waals surface area contributed by atoms with Crippen molar-refractivity contribution in [1.82, 2.24) is 4.98 Å². The molecule has 2 aromatic rings. The first-order chi connectivity index (χ1) is 9.37. The molecule has 7 heteroatoms. The van der Waals surface area contributed by atoms with E-state index in [1.54, 1.807) is 6.20 Å². The zero-order valence-corrected chi connectivity index (χ0v) is 10.4. The number of alkyl halides is 3. The number of nitrogens with two attached hydrogens (primary N) is 1. The van der Waals surface area contributed by atoms with Crippen molar-refractivity contribution in [3.8, 4) is 0 Å². The molecular weight excluding hydrogens is 273 g/mol. The van der Waals surface area contributed by atoms with Gasteiger partial charge in [-0.15, -0.1) is 0 Å². The predicted molar refractivity (Wildman–Crippen MR) is 67.0 cm³/mol. The molecule has 0 fully saturated rings. The quantitative estimate of drug-likeness (QED) is 0.846. The molecule has 0 amide bonds. The molecule has 108 valence electrons. The van der Waals surface area contributed by atoms with Crippen molar-refractivity contribution in [1.29, 1.82) is 0 Å². The standard InChI is InChI=1S/C13H13F3N2O2/c14-13(15,16)7-20-12(19)10(17)5-8-6-18-11-4-2-1-3-9(8)11/h1-4,6,10,18H,5,7,17H2/t10-/m0/s1. The van der Waals surface area contributed by atoms with Gasteiger partial charge in [-0.05, 0) is 11.6 Å². The number of hydrogen-bond acceptors (Lipinski definition) is 3. The summed E-state index contributed by atoms with van der Waals surface area (Å²) in [5.74, 6) is -1.06. The van der Waals surface area contributed by atoms with Crippen molar-refractivity contribution in [2.24, 2.45) is 5.73 Å². The van der Waals surface area contributed by atoms with Gasteiger partial charge >= 0.3 is 12.1 Å². The summed E-state index contributed by atoms with van der Waals surface area (Å²) in [6.07, 6.45) is -2.75. The van der Waals surface area contributed by atoms with Crippen molar-refractivity contribution in [3.63, 3.8) is 0 Å². The molecule has 0 aliphatic rings. The third kappa shape index (κ3) is 3.51. The number of carbonyl (C=O) groups excluding carboxylic acids is 1. The van der Waals surface area contributed by atoms with E-state index in [-0.39, 0.29) is 6.42 Å². The summed E-state index contributed by atoms with van der Waals surface area (Å²) >= 11 is 0. The Kier molecular flexibility index (Phi) is 3.99. The number of H-pyrrole nitrogens is 1. The van der Waals surface area contributed by atoms with Crippen LogP contribution in [0.1, 0.15) is 5.56 Å². The van der Waals surface area contributed by atoms with Crippen molar-refractivity contribution < 1.29 is 22.7 Å². The van der Waals surface area contributed by atoms with Crippen LogP contribution in [0, 0.1) is 0 Å². The van der Waals surface area contributed by atoms with E-state index in [9.17, 15) is 18.0 Å². The maximum atomic E-state index is 11.9. The zero-order chi connectivity index (χ0) is 14.8. The number of carbonyl (C=O) groups is 1. The number of esters is 1. The van der Waals surface area contributed by atoms with Gasteiger partial charge in [-0.2, -0.15) is 13.2 Å². The van der Waals surface area contributed by atoms with Gasteiger partial charge in [0.15, 0.2) is 6.61 Å². The SMILES string of the molecule is N[C@@H](Cc1c[nH]c2ccccc12)C(=O)OCC(F)(F)F. The van der Waals surface area contributed by atoms with E-state index in [0.717, 1.165) is 16.5 Å². The number of benzene rings is 1. The van der Waals surface area contributed by atoms with Gasteiger partial charge < -0.3 is 15.5 Å². The molecule has 0 aliphatic carbocycles. The average Bonchev–Trinajstić information content (AvgIpc) is 2.78. The molecule has 1 aromatic heterocycles. The molecule has 0 saturated heterocycles. The van der Waals surface area contributed by atoms with E-state index < -0.39 is 24.8 Å². The Balaban J connectivity index is 2.00. The highest BCUT2D eigenvalue weighted by Gasteiger charge is 2.30. The fourth-order valence-electron chi connectivity index (χ4n) is 1.88. The minimum absolute atomic E-state index is 0.112. The maximum absolute atomic E-state index is 11.9. The normalized spacial score (nSPS) is 13.4. The molecule has 0 bridgehead atoms. The summed E-state index contributed by atoms with van der Waals surface area (Å²) in [5.41, 5.74) is 7.21. The van der Waals surface area contributed by atoms with Gasteiger partial charge in [-0.1, -0.05) is 18.2 Å². The number of hydrogen-bond donors (Lipinski definition) is 2. The monoisotopic (exact) mass is 286 g/mol. The summed E-state index contributed by atoms with van der Waals surface area (Å²) < 4.78 is 40.0. The van der Waals surface area contributed by atoms with Gasteiger partial charge in [-0.3, -0.25) is 4.79 Å². The number of halogens is 3. The van der Waals surface area contributed by atoms with Crippen molar-refractivity contribution in [2.75, 3.05) is 6.61 Å². The summed E-state index contributed by atoms with van der Waals surface area (Å²) in [7, 11) is 0. The van der Waals surface area contributed by atoms with E-state index in [1.165, 1.54) is 0 Å². The lowest BCUT2D eigenvalue weighted by Crippen LogP contribution is -2.36. The summed E-state index contributed by atoms with van der Waals surface area (Å²) in [4.78, 5) is 14.4. The predicted octanol–water partition coefficient (Wildman–Crippen LogP) is 2.14. The molecule has 0 unspecified atom stereocenters. The van der Waals surface area contributed by atoms with E-state index >= 15 is 0 Å². The molecule has 20 heavy (non-hydrogen) atoms. The smallest absolute Gasteiger partial charge is 0.422 e. The van der Waals surface area contributed by atoms with Crippen molar-refractivity contribution in [3.05, 3.63) is 36.0 Å². The summed E-state index contributed by atoms with van der Waals surface area (Å²) in [6, 6.07) is 6.24. The highest BCUT2D eigenvalue weighted by Crippen LogP contribution is 2.19. The Morgan fingerprint density at radius 1 is 1.35 bits per heavy atom. The van der Waals surface area contributed by atoms with Crippen LogP contribution >= 0.6 is 0 Å². The Hall–Kier alpha value is -2.02. The molecule has 1 aromatic carbocycles. The zero-order valence-electron chi connectivity index (χ0n) is 10.4. The third-order valence-corrected chi connectivity index (χ3v) is 2.80. The highest BCUT2D eigenvalue weighted by atomic mass is 19.4. The average molecular weight is 286 g/mol. The largest absolute Gasteiger partial charge is 0.455 e. The van der Waals surface area contributed by atoms with Crippen LogP contribution in [-0.4, -0.2) is 29.8 Å². The summed E-state index contributed by atoms with van der Waals surface area (Å²) in [5, 5.41) is 0.881. The van der Waals surface area contributed by atoms with Crippen molar-refractivity contribution in [2.45, 2.75) is 18.6 Å². The number of nitrogens with one attached hydrogen (secondary N) is 1. The van der Waals surface area contributed by atoms with E-state index in [0.29, 0.717) is 0 Å². The number of para-hydroxylation sites is 1. The molecule has 0 radical (unpaired) electrons. The minimum Gasteiger partial charge on any atom is -0.455 e. The molecule has 1 atom stereocenters. The number of rotatable bonds is 4. The molecule has 0 aliphatic heterocycles. The van der Waals surface area contributed by atoms with Crippen molar-refractivity contribution >= 4 is 16.9 Å². The Morgan fingerprint density at radius 2 is 2.05 bits per heavy atom. The van der Waals surface area contributed by atoms with Gasteiger partial charge in [0.1, 0.15) is 6.04 Å². The third-order valence-electron chi connectivity index (χ3n) is 2.80. The number of ether oxygens (including phenoxy) is 1. The Morgan fingerprint density at radius 3 is 2.75 bits per heavy atom. The second-order valence-electron chi connectivity index (χ2n) is 4.39. The van der Waals surface area contributed by atoms with Crippen LogP contribution in [0.25, 0.3) is 10.9 Å². The van der Waals surface area contributed by atoms with Gasteiger partial charge in [0.05, 0.1) is 0 Å². The molecule has 0 saturated carbocycles. The van der Waals surface area contributed by atoms with Gasteiger partial charge in [0, 0.05) is 23.5 Å². The topological polar surface area (TPSA) is 68.1 Å². The molecule has 3 N–H and O–H groups in total. The number of aromatic nitrogens is 1. The summed E-state index contributed by atoms with van der Waals surface area (Å²) in [6.45, 7) is -1.62. The molecule has 2 rings (SSSR count). The second kappa shape index (κ2) is 5.54. The van der Waals surface area contributed by atoms with Crippen LogP contribution in [0.3, 0.4) is 0 Å². The Labute approximate surface area is 112 Å². The van der Waals surface area contributed by atoms with E-state index in [1.807, 2.05) is 24.3 Å². The minimum atomic E-state index is -4.55. The van der Waals surface area contributed by atoms with Crippen LogP contribution in [0.4, 0.5) is 13.2 Å². The molecule has 1 heterocycles. The fourth-order valence-corrected chi connectivity index (χ4v) is 1.88. The van der Waals surface area contributed by atoms with Gasteiger partial charge in [-0.25, -0.2) is 0 Å². The first-order valence-corrected chi connectivity index (χ1v) is 5.91. The van der Waals surface area contributed by atoms with Gasteiger partial charge in [0.2, 0.25) is 0 Å². The lowest BCUT2D eigenvalue weighted by Gasteiger charge is -2.12. The lowest BCUT2D eigenvalue weighted by molar-refractivity contribution is -0.187. The fraction of sp³-hybridized carbons (Fsp3) is 0.308. The molecular formula is C13H13F3N2O2. The number of aromatic amines is 1. The van der Waals surface area contributed by atoms with E-state index in [2.05, 4.69) is 9.72 Å². The van der Waals surface area contributed by atoms with Gasteiger partial charge in [0.25, 0.3) is 0 Å². The van der Waals surface area contributed by atoms with Crippen LogP contribution in [0.2, 0.25) is 0 Å². The first-order valence-electron chi connectivity index (χ1n) is 5.91. The number of fused-ring (bicyclic) bond motifs is 1.